The predicted molar refractivity (Wildman–Crippen MR) is 238 cm³/mol. The van der Waals surface area contributed by atoms with Gasteiger partial charge in [-0.25, -0.2) is 0 Å². The Bertz CT molecular complexity index is 2310. The highest BCUT2D eigenvalue weighted by molar-refractivity contribution is 7.99. The maximum Gasteiger partial charge on any atom is 0.305 e. The van der Waals surface area contributed by atoms with Crippen molar-refractivity contribution in [1.82, 2.24) is 47.1 Å². The number of fused-ring (bicyclic) bond motifs is 5. The molecule has 0 spiro atoms. The number of carboxylic acids is 1. The van der Waals surface area contributed by atoms with E-state index in [4.69, 9.17) is 9.47 Å². The molecule has 8 amide bonds. The molecule has 10 N–H and O–H groups in total. The Labute approximate surface area is 393 Å². The summed E-state index contributed by atoms with van der Waals surface area (Å²) in [4.78, 5) is 153. The molecule has 68 heavy (non-hydrogen) atoms. The van der Waals surface area contributed by atoms with Gasteiger partial charge in [0.1, 0.15) is 49.0 Å². The standard InChI is InChI=1S/C43H57N9O15S/c1-6-19(2)35-40(63)45-14-32(56)46-29-18-68-42-25(24-9-7-8-10-26(24)49-42)12-27(37(60)44-15-33(57)50-35)47-41(64)36(20(3)31(67-22(5)54)17-66-21(4)53)51-39(62)30-11-23(55)16-52(30)43(65)28(13-34(58)59)48-38(29)61/h7-10,19-20,23,27-31,35-36,49,55H,6,11-18H2,1-5H3,(H,44,60)(H,45,63)(H,46,56)(H,47,64)(H,48,61)(H,50,57)(H,51,62)(H,58,59)/t19-,20-,23+,27+,28?,29?,30-,31+,35-,36-/m0/s1. The number of thioether (sulfide) groups is 1. The highest BCUT2D eigenvalue weighted by Crippen LogP contribution is 2.32. The molecule has 25 heteroatoms. The fourth-order valence-electron chi connectivity index (χ4n) is 8.02. The van der Waals surface area contributed by atoms with Gasteiger partial charge in [0, 0.05) is 55.8 Å². The number of rotatable bonds is 9. The molecule has 5 rings (SSSR count). The number of ether oxygens (including phenoxy) is 2. The van der Waals surface area contributed by atoms with Crippen LogP contribution in [0.4, 0.5) is 0 Å². The van der Waals surface area contributed by atoms with Crippen LogP contribution in [-0.4, -0.2) is 166 Å². The van der Waals surface area contributed by atoms with Crippen LogP contribution in [0, 0.1) is 11.8 Å². The number of carboxylic acid groups (broad SMARTS) is 1. The van der Waals surface area contributed by atoms with E-state index in [9.17, 15) is 63.0 Å². The maximum absolute atomic E-state index is 14.8. The highest BCUT2D eigenvalue weighted by atomic mass is 32.2. The number of aliphatic hydroxyl groups excluding tert-OH is 1. The Morgan fingerprint density at radius 2 is 1.49 bits per heavy atom. The minimum atomic E-state index is -1.88. The van der Waals surface area contributed by atoms with Crippen LogP contribution in [0.5, 0.6) is 0 Å². The largest absolute Gasteiger partial charge is 0.481 e. The SMILES string of the molecule is CC[C@H](C)[C@@H]1NC(=O)CNC(=O)[C@H]2Cc3c([nH]c4ccccc34)SCC(NC(=O)CNC1=O)C(=O)NC(CC(=O)O)C(=O)N1C[C@H](O)C[C@H]1C(=O)N[C@@H]([C@@H](C)[C@@H](COC(C)=O)OC(C)=O)C(=O)N2. The fourth-order valence-corrected chi connectivity index (χ4v) is 9.14. The van der Waals surface area contributed by atoms with Crippen LogP contribution in [0.3, 0.4) is 0 Å². The molecule has 2 bridgehead atoms. The number of aliphatic carboxylic acids is 1. The van der Waals surface area contributed by atoms with E-state index in [1.54, 1.807) is 38.1 Å². The lowest BCUT2D eigenvalue weighted by atomic mass is 9.93. The summed E-state index contributed by atoms with van der Waals surface area (Å²) in [6, 6.07) is -2.73. The van der Waals surface area contributed by atoms with Gasteiger partial charge in [-0.2, -0.15) is 0 Å². The first-order valence-corrected chi connectivity index (χ1v) is 22.9. The zero-order valence-corrected chi connectivity index (χ0v) is 38.8. The number of hydrogen-bond donors (Lipinski definition) is 10. The molecule has 0 saturated carbocycles. The Hall–Kier alpha value is -6.76. The van der Waals surface area contributed by atoms with Gasteiger partial charge < -0.3 is 66.8 Å². The molecule has 1 fully saturated rings. The quantitative estimate of drug-likeness (QED) is 0.113. The molecule has 24 nitrogen and oxygen atoms in total. The number of benzene rings is 1. The molecular formula is C43H57N9O15S. The van der Waals surface area contributed by atoms with Gasteiger partial charge in [0.05, 0.1) is 30.6 Å². The first-order valence-electron chi connectivity index (χ1n) is 22.0. The molecule has 4 heterocycles. The number of nitrogens with zero attached hydrogens (tertiary/aromatic N) is 1. The van der Waals surface area contributed by atoms with E-state index < -0.39 is 165 Å². The number of esters is 2. The summed E-state index contributed by atoms with van der Waals surface area (Å²) in [5.74, 6) is -12.9. The molecule has 1 aromatic carbocycles. The molecule has 10 atom stereocenters. The summed E-state index contributed by atoms with van der Waals surface area (Å²) < 4.78 is 10.6. The Balaban J connectivity index is 1.72. The fraction of sp³-hybridized carbons (Fsp3) is 0.558. The van der Waals surface area contributed by atoms with Crippen molar-refractivity contribution in [1.29, 1.82) is 0 Å². The molecule has 3 aliphatic heterocycles. The van der Waals surface area contributed by atoms with E-state index >= 15 is 0 Å². The molecule has 1 aromatic heterocycles. The van der Waals surface area contributed by atoms with Crippen LogP contribution in [-0.2, 0) is 68.6 Å². The van der Waals surface area contributed by atoms with Gasteiger partial charge in [-0.3, -0.25) is 52.7 Å². The number of hydrogen-bond acceptors (Lipinski definition) is 15. The number of aliphatic hydroxyl groups is 1. The minimum Gasteiger partial charge on any atom is -0.481 e. The monoisotopic (exact) mass is 971 g/mol. The van der Waals surface area contributed by atoms with Crippen molar-refractivity contribution in [2.24, 2.45) is 11.8 Å². The Morgan fingerprint density at radius 3 is 2.15 bits per heavy atom. The first-order chi connectivity index (χ1) is 32.2. The average Bonchev–Trinajstić information content (AvgIpc) is 3.85. The minimum absolute atomic E-state index is 0.305. The number of nitrogens with one attached hydrogen (secondary N) is 8. The van der Waals surface area contributed by atoms with Crippen LogP contribution in [0.15, 0.2) is 29.3 Å². The van der Waals surface area contributed by atoms with E-state index in [-0.39, 0.29) is 12.2 Å². The Kier molecular flexibility index (Phi) is 17.9. The maximum atomic E-state index is 14.8. The topological polar surface area (TPSA) is 350 Å². The second kappa shape index (κ2) is 23.3. The zero-order chi connectivity index (χ0) is 50.0. The van der Waals surface area contributed by atoms with Crippen molar-refractivity contribution in [2.45, 2.75) is 114 Å². The number of carbonyl (C=O) groups is 11. The van der Waals surface area contributed by atoms with E-state index in [0.29, 0.717) is 27.9 Å². The van der Waals surface area contributed by atoms with Gasteiger partial charge in [-0.05, 0) is 17.5 Å². The van der Waals surface area contributed by atoms with Gasteiger partial charge in [0.15, 0.2) is 0 Å². The molecule has 370 valence electrons. The van der Waals surface area contributed by atoms with Crippen LogP contribution < -0.4 is 37.2 Å². The number of H-pyrrole nitrogens is 1. The van der Waals surface area contributed by atoms with Crippen LogP contribution in [0.2, 0.25) is 0 Å². The van der Waals surface area contributed by atoms with E-state index in [2.05, 4.69) is 42.2 Å². The lowest BCUT2D eigenvalue weighted by Gasteiger charge is -2.33. The molecule has 1 saturated heterocycles. The van der Waals surface area contributed by atoms with Crippen LogP contribution >= 0.6 is 11.8 Å². The van der Waals surface area contributed by atoms with Gasteiger partial charge in [0.2, 0.25) is 47.3 Å². The summed E-state index contributed by atoms with van der Waals surface area (Å²) >= 11 is 0.982. The summed E-state index contributed by atoms with van der Waals surface area (Å²) in [5.41, 5.74) is 0.946. The Morgan fingerprint density at radius 1 is 0.809 bits per heavy atom. The predicted octanol–water partition coefficient (Wildman–Crippen LogP) is -2.90. The van der Waals surface area contributed by atoms with Crippen LogP contribution in [0.1, 0.15) is 59.4 Å². The van der Waals surface area contributed by atoms with Gasteiger partial charge >= 0.3 is 17.9 Å². The third-order valence-corrected chi connectivity index (χ3v) is 13.0. The van der Waals surface area contributed by atoms with Crippen molar-refractivity contribution < 1.29 is 72.4 Å². The number of para-hydroxylation sites is 1. The van der Waals surface area contributed by atoms with E-state index in [1.165, 1.54) is 6.92 Å². The average molecular weight is 972 g/mol. The number of amides is 8. The smallest absolute Gasteiger partial charge is 0.305 e. The highest BCUT2D eigenvalue weighted by Gasteiger charge is 2.45. The van der Waals surface area contributed by atoms with Crippen LogP contribution in [0.25, 0.3) is 10.9 Å². The van der Waals surface area contributed by atoms with Crippen molar-refractivity contribution in [3.05, 3.63) is 29.8 Å². The second-order valence-electron chi connectivity index (χ2n) is 16.9. The second-order valence-corrected chi connectivity index (χ2v) is 17.9. The normalized spacial score (nSPS) is 26.2. The number of carbonyl (C=O) groups excluding carboxylic acids is 10. The van der Waals surface area contributed by atoms with E-state index in [1.807, 2.05) is 0 Å². The third-order valence-electron chi connectivity index (χ3n) is 11.8. The van der Waals surface area contributed by atoms with E-state index in [0.717, 1.165) is 30.5 Å². The number of aromatic nitrogens is 1. The summed E-state index contributed by atoms with van der Waals surface area (Å²) in [6.45, 7) is 4.45. The lowest BCUT2D eigenvalue weighted by molar-refractivity contribution is -0.161. The summed E-state index contributed by atoms with van der Waals surface area (Å²) in [6.07, 6.45) is -4.14. The van der Waals surface area contributed by atoms with Crippen molar-refractivity contribution in [3.8, 4) is 0 Å². The van der Waals surface area contributed by atoms with Gasteiger partial charge in [0.25, 0.3) is 0 Å². The molecule has 2 aromatic rings. The molecule has 0 radical (unpaired) electrons. The first kappa shape index (κ1) is 52.2. The van der Waals surface area contributed by atoms with Gasteiger partial charge in [-0.15, -0.1) is 11.8 Å². The van der Waals surface area contributed by atoms with Crippen molar-refractivity contribution in [2.75, 3.05) is 32.0 Å². The van der Waals surface area contributed by atoms with Crippen molar-refractivity contribution >= 4 is 87.8 Å². The molecular weight excluding hydrogens is 915 g/mol. The molecule has 0 aliphatic carbocycles. The summed E-state index contributed by atoms with van der Waals surface area (Å²) in [5, 5.41) is 39.3. The molecule has 3 aliphatic rings. The zero-order valence-electron chi connectivity index (χ0n) is 38.0. The molecule has 2 unspecified atom stereocenters. The van der Waals surface area contributed by atoms with Gasteiger partial charge in [-0.1, -0.05) is 45.4 Å². The number of aromatic amines is 1. The van der Waals surface area contributed by atoms with Crippen molar-refractivity contribution in [3.63, 3.8) is 0 Å². The summed E-state index contributed by atoms with van der Waals surface area (Å²) in [7, 11) is 0. The lowest BCUT2D eigenvalue weighted by Crippen LogP contribution is -2.62. The third kappa shape index (κ3) is 13.4.